The number of nitrogens with two attached hydrogens (primary N) is 1. The van der Waals surface area contributed by atoms with Crippen molar-refractivity contribution in [3.05, 3.63) is 60.3 Å². The largest absolute Gasteiger partial charge is 0.486 e. The van der Waals surface area contributed by atoms with Gasteiger partial charge in [-0.05, 0) is 54.8 Å². The Balaban J connectivity index is 1.47. The van der Waals surface area contributed by atoms with Gasteiger partial charge in [0.05, 0.1) is 11.4 Å². The first-order chi connectivity index (χ1) is 15.4. The van der Waals surface area contributed by atoms with Gasteiger partial charge < -0.3 is 9.30 Å². The molecule has 0 bridgehead atoms. The summed E-state index contributed by atoms with van der Waals surface area (Å²) >= 11 is 0. The van der Waals surface area contributed by atoms with Crippen molar-refractivity contribution in [2.45, 2.75) is 63.3 Å². The monoisotopic (exact) mass is 456 g/mol. The van der Waals surface area contributed by atoms with Crippen LogP contribution in [0.2, 0.25) is 0 Å². The maximum absolute atomic E-state index is 12.4. The van der Waals surface area contributed by atoms with E-state index in [1.807, 2.05) is 12.1 Å². The van der Waals surface area contributed by atoms with E-state index in [-0.39, 0.29) is 23.8 Å². The molecule has 0 fully saturated rings. The Morgan fingerprint density at radius 1 is 0.969 bits per heavy atom. The van der Waals surface area contributed by atoms with E-state index in [0.29, 0.717) is 11.1 Å². The van der Waals surface area contributed by atoms with E-state index in [0.717, 1.165) is 11.9 Å². The number of carbonyl (C=O) groups is 1. The van der Waals surface area contributed by atoms with Crippen molar-refractivity contribution in [2.24, 2.45) is 5.14 Å². The minimum absolute atomic E-state index is 0.0221. The van der Waals surface area contributed by atoms with Crippen molar-refractivity contribution in [1.82, 2.24) is 4.57 Å². The fourth-order valence-corrected chi connectivity index (χ4v) is 4.30. The van der Waals surface area contributed by atoms with Gasteiger partial charge in [0, 0.05) is 17.1 Å². The summed E-state index contributed by atoms with van der Waals surface area (Å²) < 4.78 is 30.4. The Morgan fingerprint density at radius 3 is 2.41 bits per heavy atom. The molecule has 172 valence electrons. The van der Waals surface area contributed by atoms with Gasteiger partial charge in [-0.3, -0.25) is 4.79 Å². The Morgan fingerprint density at radius 2 is 1.69 bits per heavy atom. The molecule has 0 radical (unpaired) electrons. The van der Waals surface area contributed by atoms with Crippen LogP contribution in [-0.2, 0) is 27.8 Å². The van der Waals surface area contributed by atoms with Crippen molar-refractivity contribution in [1.29, 1.82) is 0 Å². The van der Waals surface area contributed by atoms with Crippen LogP contribution in [0.5, 0.6) is 5.75 Å². The molecule has 0 atom stereocenters. The number of primary sulfonamides is 1. The van der Waals surface area contributed by atoms with Gasteiger partial charge in [0.2, 0.25) is 10.0 Å². The molecule has 6 nitrogen and oxygen atoms in total. The summed E-state index contributed by atoms with van der Waals surface area (Å²) in [5, 5.41) is 5.89. The fourth-order valence-electron chi connectivity index (χ4n) is 3.75. The Bertz CT molecular complexity index is 1130. The molecule has 0 amide bonds. The average molecular weight is 457 g/mol. The Hall–Kier alpha value is -2.64. The molecule has 32 heavy (non-hydrogen) atoms. The summed E-state index contributed by atoms with van der Waals surface area (Å²) in [7, 11) is -3.76. The van der Waals surface area contributed by atoms with E-state index in [9.17, 15) is 13.2 Å². The van der Waals surface area contributed by atoms with E-state index >= 15 is 0 Å². The van der Waals surface area contributed by atoms with Gasteiger partial charge in [0.25, 0.3) is 0 Å². The first kappa shape index (κ1) is 24.0. The normalized spacial score (nSPS) is 11.7. The van der Waals surface area contributed by atoms with Crippen molar-refractivity contribution in [3.63, 3.8) is 0 Å². The third-order valence-corrected chi connectivity index (χ3v) is 6.47. The molecule has 0 unspecified atom stereocenters. The topological polar surface area (TPSA) is 91.4 Å². The molecule has 0 spiro atoms. The number of sulfonamides is 1. The molecule has 0 saturated heterocycles. The number of nitrogens with zero attached hydrogens (tertiary/aromatic N) is 1. The minimum atomic E-state index is -3.76. The van der Waals surface area contributed by atoms with Crippen molar-refractivity contribution >= 4 is 26.7 Å². The zero-order valence-corrected chi connectivity index (χ0v) is 19.4. The summed E-state index contributed by atoms with van der Waals surface area (Å²) in [5.74, 6) is 0.606. The van der Waals surface area contributed by atoms with Crippen molar-refractivity contribution in [2.75, 3.05) is 6.61 Å². The molecule has 0 aliphatic heterocycles. The third-order valence-electron chi connectivity index (χ3n) is 5.56. The van der Waals surface area contributed by atoms with E-state index in [4.69, 9.17) is 9.88 Å². The van der Waals surface area contributed by atoms with Gasteiger partial charge >= 0.3 is 0 Å². The number of fused-ring (bicyclic) bond motifs is 1. The number of benzene rings is 2. The first-order valence-electron chi connectivity index (χ1n) is 11.2. The third kappa shape index (κ3) is 6.93. The zero-order chi connectivity index (χ0) is 23.0. The van der Waals surface area contributed by atoms with Crippen molar-refractivity contribution in [3.8, 4) is 5.75 Å². The van der Waals surface area contributed by atoms with Crippen LogP contribution in [-0.4, -0.2) is 25.4 Å². The highest BCUT2D eigenvalue weighted by atomic mass is 32.2. The smallest absolute Gasteiger partial charge is 0.238 e. The molecule has 1 aromatic heterocycles. The van der Waals surface area contributed by atoms with Gasteiger partial charge in [-0.25, -0.2) is 13.6 Å². The lowest BCUT2D eigenvalue weighted by Crippen LogP contribution is -2.17. The lowest BCUT2D eigenvalue weighted by molar-refractivity contribution is -0.121. The molecule has 1 heterocycles. The van der Waals surface area contributed by atoms with Crippen LogP contribution in [0, 0.1) is 0 Å². The van der Waals surface area contributed by atoms with E-state index in [2.05, 4.69) is 19.1 Å². The molecule has 2 N–H and O–H groups in total. The van der Waals surface area contributed by atoms with E-state index in [1.54, 1.807) is 22.9 Å². The highest BCUT2D eigenvalue weighted by Crippen LogP contribution is 2.20. The summed E-state index contributed by atoms with van der Waals surface area (Å²) in [6.07, 6.45) is 10.5. The second-order valence-corrected chi connectivity index (χ2v) is 9.76. The lowest BCUT2D eigenvalue weighted by Gasteiger charge is -2.09. The highest BCUT2D eigenvalue weighted by molar-refractivity contribution is 7.89. The standard InChI is InChI=1S/C25H32N2O4S/c1-2-3-4-5-6-7-8-20-9-11-23(12-10-20)31-19-22(28)18-27-16-15-21-17-24(32(26,29)30)13-14-25(21)27/h9-17H,2-8,18-19H2,1H3,(H2,26,29,30). The Labute approximate surface area is 190 Å². The minimum Gasteiger partial charge on any atom is -0.486 e. The molecular weight excluding hydrogens is 424 g/mol. The predicted octanol–water partition coefficient (Wildman–Crippen LogP) is 4.84. The first-order valence-corrected chi connectivity index (χ1v) is 12.8. The molecule has 3 rings (SSSR count). The van der Waals surface area contributed by atoms with Gasteiger partial charge in [0.1, 0.15) is 12.4 Å². The van der Waals surface area contributed by atoms with Crippen LogP contribution < -0.4 is 9.88 Å². The Kier molecular flexibility index (Phi) is 8.47. The predicted molar refractivity (Wildman–Crippen MR) is 127 cm³/mol. The van der Waals surface area contributed by atoms with E-state index < -0.39 is 10.0 Å². The number of carbonyl (C=O) groups excluding carboxylic acids is 1. The maximum atomic E-state index is 12.4. The number of ether oxygens (including phenoxy) is 1. The fraction of sp³-hybridized carbons (Fsp3) is 0.400. The number of hydrogen-bond donors (Lipinski definition) is 1. The van der Waals surface area contributed by atoms with Crippen molar-refractivity contribution < 1.29 is 17.9 Å². The molecule has 0 aliphatic rings. The van der Waals surface area contributed by atoms with Crippen LogP contribution in [0.25, 0.3) is 10.9 Å². The van der Waals surface area contributed by atoms with Crippen LogP contribution >= 0.6 is 0 Å². The molecule has 2 aromatic carbocycles. The van der Waals surface area contributed by atoms with Gasteiger partial charge in [-0.2, -0.15) is 0 Å². The van der Waals surface area contributed by atoms with E-state index in [1.165, 1.54) is 56.2 Å². The average Bonchev–Trinajstić information content (AvgIpc) is 3.17. The van der Waals surface area contributed by atoms with Gasteiger partial charge in [0.15, 0.2) is 5.78 Å². The molecule has 0 aliphatic carbocycles. The summed E-state index contributed by atoms with van der Waals surface area (Å²) in [6, 6.07) is 14.3. The van der Waals surface area contributed by atoms with Crippen LogP contribution in [0.4, 0.5) is 0 Å². The van der Waals surface area contributed by atoms with Gasteiger partial charge in [-0.15, -0.1) is 0 Å². The van der Waals surface area contributed by atoms with Gasteiger partial charge in [-0.1, -0.05) is 51.2 Å². The number of ketones is 1. The number of rotatable bonds is 13. The zero-order valence-electron chi connectivity index (χ0n) is 18.6. The molecule has 7 heteroatoms. The number of aryl methyl sites for hydroxylation is 1. The number of hydrogen-bond acceptors (Lipinski definition) is 4. The quantitative estimate of drug-likeness (QED) is 0.373. The van der Waals surface area contributed by atoms with Crippen LogP contribution in [0.1, 0.15) is 51.0 Å². The molecular formula is C25H32N2O4S. The summed E-state index contributed by atoms with van der Waals surface area (Å²) in [5.41, 5.74) is 2.06. The summed E-state index contributed by atoms with van der Waals surface area (Å²) in [6.45, 7) is 2.36. The van der Waals surface area contributed by atoms with Crippen LogP contribution in [0.15, 0.2) is 59.6 Å². The lowest BCUT2D eigenvalue weighted by atomic mass is 10.0. The molecule has 0 saturated carbocycles. The molecule has 3 aromatic rings. The number of Topliss-reactive ketones (excluding diaryl/α,β-unsaturated/α-hetero) is 1. The SMILES string of the molecule is CCCCCCCCc1ccc(OCC(=O)Cn2ccc3cc(S(N)(=O)=O)ccc32)cc1. The highest BCUT2D eigenvalue weighted by Gasteiger charge is 2.12. The maximum Gasteiger partial charge on any atom is 0.238 e. The number of aromatic nitrogens is 1. The summed E-state index contributed by atoms with van der Waals surface area (Å²) in [4.78, 5) is 12.5. The second-order valence-electron chi connectivity index (χ2n) is 8.20. The number of unbranched alkanes of at least 4 members (excludes halogenated alkanes) is 5. The second kappa shape index (κ2) is 11.3. The van der Waals surface area contributed by atoms with Crippen LogP contribution in [0.3, 0.4) is 0 Å².